The first-order chi connectivity index (χ1) is 12.4. The van der Waals surface area contributed by atoms with E-state index in [9.17, 15) is 4.79 Å². The highest BCUT2D eigenvalue weighted by Gasteiger charge is 2.27. The average Bonchev–Trinajstić information content (AvgIpc) is 3.21. The fourth-order valence-corrected chi connectivity index (χ4v) is 4.62. The number of benzene rings is 1. The number of aromatic nitrogens is 1. The van der Waals surface area contributed by atoms with Crippen LogP contribution in [0.3, 0.4) is 0 Å². The molecule has 0 N–H and O–H groups in total. The molecule has 2 heterocycles. The molecule has 4 nitrogen and oxygen atoms in total. The van der Waals surface area contributed by atoms with Gasteiger partial charge in [-0.2, -0.15) is 0 Å². The topological polar surface area (TPSA) is 36.4 Å². The van der Waals surface area contributed by atoms with Crippen molar-refractivity contribution in [3.05, 3.63) is 51.5 Å². The fourth-order valence-electron chi connectivity index (χ4n) is 3.55. The third-order valence-electron chi connectivity index (χ3n) is 5.00. The largest absolute Gasteiger partial charge is 0.341 e. The summed E-state index contributed by atoms with van der Waals surface area (Å²) in [7, 11) is 1.93. The van der Waals surface area contributed by atoms with E-state index in [0.717, 1.165) is 48.2 Å². The van der Waals surface area contributed by atoms with Gasteiger partial charge in [0.2, 0.25) is 0 Å². The highest BCUT2D eigenvalue weighted by molar-refractivity contribution is 7.13. The van der Waals surface area contributed by atoms with Crippen LogP contribution in [-0.2, 0) is 6.54 Å². The summed E-state index contributed by atoms with van der Waals surface area (Å²) in [4.78, 5) is 22.6. The van der Waals surface area contributed by atoms with Gasteiger partial charge in [0.25, 0.3) is 5.91 Å². The second kappa shape index (κ2) is 8.31. The number of carbonyl (C=O) groups is 1. The summed E-state index contributed by atoms with van der Waals surface area (Å²) in [6.07, 6.45) is 1.16. The number of thiazole rings is 1. The second-order valence-electron chi connectivity index (χ2n) is 7.68. The Morgan fingerprint density at radius 2 is 2.08 bits per heavy atom. The lowest BCUT2D eigenvalue weighted by Crippen LogP contribution is -2.33. The maximum atomic E-state index is 12.8. The normalized spacial score (nSPS) is 17.8. The van der Waals surface area contributed by atoms with Crippen molar-refractivity contribution in [1.29, 1.82) is 0 Å². The number of hydrogen-bond donors (Lipinski definition) is 0. The lowest BCUT2D eigenvalue weighted by Gasteiger charge is -2.21. The van der Waals surface area contributed by atoms with Gasteiger partial charge < -0.3 is 4.90 Å². The summed E-state index contributed by atoms with van der Waals surface area (Å²) in [5, 5.41) is 1.05. The Balaban J connectivity index is 1.55. The minimum atomic E-state index is 0.119. The van der Waals surface area contributed by atoms with Gasteiger partial charge in [0.15, 0.2) is 0 Å². The van der Waals surface area contributed by atoms with Crippen LogP contribution in [0.2, 0.25) is 0 Å². The fraction of sp³-hybridized carbons (Fsp3) is 0.524. The first-order valence-corrected chi connectivity index (χ1v) is 10.2. The van der Waals surface area contributed by atoms with Gasteiger partial charge in [-0.1, -0.05) is 44.2 Å². The van der Waals surface area contributed by atoms with E-state index < -0.39 is 0 Å². The maximum Gasteiger partial charge on any atom is 0.265 e. The molecule has 1 aromatic heterocycles. The standard InChI is InChI=1S/C21H29N3OS/c1-15(2)20-22-16(3)19(26-20)21(25)23(4)12-18-10-11-24(14-18)13-17-8-6-5-7-9-17/h5-9,15,18H,10-14H2,1-4H3. The average molecular weight is 372 g/mol. The number of rotatable bonds is 6. The van der Waals surface area contributed by atoms with Gasteiger partial charge in [-0.05, 0) is 31.4 Å². The van der Waals surface area contributed by atoms with Crippen molar-refractivity contribution >= 4 is 17.2 Å². The summed E-state index contributed by atoms with van der Waals surface area (Å²) >= 11 is 1.55. The molecule has 0 bridgehead atoms. The molecular formula is C21H29N3OS. The summed E-state index contributed by atoms with van der Waals surface area (Å²) in [6.45, 7) is 10.2. The molecule has 1 amide bonds. The minimum absolute atomic E-state index is 0.119. The monoisotopic (exact) mass is 371 g/mol. The van der Waals surface area contributed by atoms with E-state index in [2.05, 4.69) is 54.1 Å². The van der Waals surface area contributed by atoms with E-state index in [1.54, 1.807) is 11.3 Å². The number of hydrogen-bond acceptors (Lipinski definition) is 4. The van der Waals surface area contributed by atoms with E-state index in [-0.39, 0.29) is 5.91 Å². The van der Waals surface area contributed by atoms with Crippen LogP contribution in [0.25, 0.3) is 0 Å². The summed E-state index contributed by atoms with van der Waals surface area (Å²) in [5.41, 5.74) is 2.23. The first-order valence-electron chi connectivity index (χ1n) is 9.43. The van der Waals surface area contributed by atoms with E-state index in [4.69, 9.17) is 0 Å². The molecule has 3 rings (SSSR count). The highest BCUT2D eigenvalue weighted by atomic mass is 32.1. The molecule has 1 aliphatic rings. The summed E-state index contributed by atoms with van der Waals surface area (Å²) in [5.74, 6) is 1.03. The summed E-state index contributed by atoms with van der Waals surface area (Å²) in [6, 6.07) is 10.6. The Labute approximate surface area is 160 Å². The van der Waals surface area contributed by atoms with Gasteiger partial charge in [-0.25, -0.2) is 4.98 Å². The Morgan fingerprint density at radius 3 is 2.73 bits per heavy atom. The van der Waals surface area contributed by atoms with Crippen LogP contribution in [0.1, 0.15) is 52.1 Å². The molecule has 26 heavy (non-hydrogen) atoms. The zero-order valence-corrected chi connectivity index (χ0v) is 17.1. The van der Waals surface area contributed by atoms with E-state index in [0.29, 0.717) is 11.8 Å². The minimum Gasteiger partial charge on any atom is -0.341 e. The van der Waals surface area contributed by atoms with Gasteiger partial charge in [0.1, 0.15) is 4.88 Å². The van der Waals surface area contributed by atoms with Crippen LogP contribution in [0, 0.1) is 12.8 Å². The van der Waals surface area contributed by atoms with Crippen molar-refractivity contribution in [2.45, 2.75) is 39.7 Å². The molecule has 1 aromatic carbocycles. The van der Waals surface area contributed by atoms with E-state index in [1.807, 2.05) is 18.9 Å². The van der Waals surface area contributed by atoms with Gasteiger partial charge in [0.05, 0.1) is 10.7 Å². The van der Waals surface area contributed by atoms with Gasteiger partial charge in [-0.3, -0.25) is 9.69 Å². The summed E-state index contributed by atoms with van der Waals surface area (Å²) < 4.78 is 0. The van der Waals surface area contributed by atoms with Crippen LogP contribution in [0.15, 0.2) is 30.3 Å². The van der Waals surface area contributed by atoms with Crippen molar-refractivity contribution in [3.63, 3.8) is 0 Å². The maximum absolute atomic E-state index is 12.8. The number of likely N-dealkylation sites (tertiary alicyclic amines) is 1. The Morgan fingerprint density at radius 1 is 1.35 bits per heavy atom. The third kappa shape index (κ3) is 4.51. The molecule has 5 heteroatoms. The molecule has 0 spiro atoms. The lowest BCUT2D eigenvalue weighted by molar-refractivity contribution is 0.0777. The Hall–Kier alpha value is -1.72. The van der Waals surface area contributed by atoms with Crippen LogP contribution >= 0.6 is 11.3 Å². The molecule has 140 valence electrons. The molecule has 0 saturated carbocycles. The quantitative estimate of drug-likeness (QED) is 0.765. The smallest absolute Gasteiger partial charge is 0.265 e. The molecule has 0 radical (unpaired) electrons. The van der Waals surface area contributed by atoms with Crippen LogP contribution in [0.5, 0.6) is 0 Å². The van der Waals surface area contributed by atoms with Gasteiger partial charge in [-0.15, -0.1) is 11.3 Å². The number of nitrogens with zero attached hydrogens (tertiary/aromatic N) is 3. The molecule has 0 aliphatic carbocycles. The van der Waals surface area contributed by atoms with Crippen molar-refractivity contribution < 1.29 is 4.79 Å². The number of carbonyl (C=O) groups excluding carboxylic acids is 1. The van der Waals surface area contributed by atoms with Crippen molar-refractivity contribution in [3.8, 4) is 0 Å². The zero-order valence-electron chi connectivity index (χ0n) is 16.2. The van der Waals surface area contributed by atoms with Crippen LogP contribution in [0.4, 0.5) is 0 Å². The van der Waals surface area contributed by atoms with Crippen molar-refractivity contribution in [2.24, 2.45) is 5.92 Å². The molecule has 1 aliphatic heterocycles. The molecule has 1 fully saturated rings. The van der Waals surface area contributed by atoms with Gasteiger partial charge >= 0.3 is 0 Å². The predicted octanol–water partition coefficient (Wildman–Crippen LogP) is 4.17. The first kappa shape index (κ1) is 19.1. The molecule has 1 saturated heterocycles. The van der Waals surface area contributed by atoms with Crippen molar-refractivity contribution in [2.75, 3.05) is 26.7 Å². The molecule has 1 atom stereocenters. The third-order valence-corrected chi connectivity index (χ3v) is 6.45. The van der Waals surface area contributed by atoms with E-state index in [1.165, 1.54) is 5.56 Å². The number of amides is 1. The van der Waals surface area contributed by atoms with Gasteiger partial charge in [0, 0.05) is 32.6 Å². The lowest BCUT2D eigenvalue weighted by atomic mass is 10.1. The highest BCUT2D eigenvalue weighted by Crippen LogP contribution is 2.26. The van der Waals surface area contributed by atoms with Crippen LogP contribution < -0.4 is 0 Å². The Bertz CT molecular complexity index is 741. The molecule has 2 aromatic rings. The SMILES string of the molecule is Cc1nc(C(C)C)sc1C(=O)N(C)CC1CCN(Cc2ccccc2)C1. The van der Waals surface area contributed by atoms with Crippen LogP contribution in [-0.4, -0.2) is 47.4 Å². The van der Waals surface area contributed by atoms with Crippen molar-refractivity contribution in [1.82, 2.24) is 14.8 Å². The Kier molecular flexibility index (Phi) is 6.09. The second-order valence-corrected chi connectivity index (χ2v) is 8.71. The molecular weight excluding hydrogens is 342 g/mol. The van der Waals surface area contributed by atoms with E-state index >= 15 is 0 Å². The predicted molar refractivity (Wildman–Crippen MR) is 108 cm³/mol. The molecule has 1 unspecified atom stereocenters. The number of aryl methyl sites for hydroxylation is 1. The zero-order chi connectivity index (χ0) is 18.7.